The van der Waals surface area contributed by atoms with Crippen molar-refractivity contribution < 1.29 is 17.6 Å². The van der Waals surface area contributed by atoms with E-state index in [1.807, 2.05) is 13.8 Å². The predicted molar refractivity (Wildman–Crippen MR) is 120 cm³/mol. The van der Waals surface area contributed by atoms with Crippen LogP contribution >= 0.6 is 0 Å². The minimum Gasteiger partial charge on any atom is -0.335 e. The third kappa shape index (κ3) is 4.77. The van der Waals surface area contributed by atoms with Crippen molar-refractivity contribution in [3.05, 3.63) is 95.3 Å². The van der Waals surface area contributed by atoms with E-state index in [0.29, 0.717) is 11.3 Å². The molecule has 3 aromatic carbocycles. The second-order valence-electron chi connectivity index (χ2n) is 7.48. The molecule has 3 rings (SSSR count). The lowest BCUT2D eigenvalue weighted by molar-refractivity contribution is 0.0742. The van der Waals surface area contributed by atoms with Crippen LogP contribution < -0.4 is 4.31 Å². The van der Waals surface area contributed by atoms with Crippen LogP contribution in [0.4, 0.5) is 10.1 Å². The van der Waals surface area contributed by atoms with Crippen molar-refractivity contribution in [2.24, 2.45) is 0 Å². The van der Waals surface area contributed by atoms with Crippen LogP contribution in [0.5, 0.6) is 0 Å². The first-order valence-corrected chi connectivity index (χ1v) is 11.2. The zero-order valence-electron chi connectivity index (χ0n) is 17.9. The van der Waals surface area contributed by atoms with Crippen molar-refractivity contribution in [3.8, 4) is 0 Å². The lowest BCUT2D eigenvalue weighted by Gasteiger charge is -2.26. The number of halogens is 1. The minimum atomic E-state index is -3.70. The highest BCUT2D eigenvalue weighted by Gasteiger charge is 2.23. The number of hydrogen-bond donors (Lipinski definition) is 0. The SMILES string of the molecule is Cc1ccc(S(=O)(=O)N(C)c2ccc(C(=O)N(C)C(C)c3ccc(F)cc3)cc2)cc1. The summed E-state index contributed by atoms with van der Waals surface area (Å²) in [6, 6.07) is 18.8. The molecule has 0 spiro atoms. The van der Waals surface area contributed by atoms with Crippen LogP contribution in [0.25, 0.3) is 0 Å². The Kier molecular flexibility index (Phi) is 6.45. The smallest absolute Gasteiger partial charge is 0.264 e. The number of carbonyl (C=O) groups is 1. The maximum absolute atomic E-state index is 13.2. The van der Waals surface area contributed by atoms with Crippen molar-refractivity contribution in [1.29, 1.82) is 0 Å². The van der Waals surface area contributed by atoms with Gasteiger partial charge in [-0.15, -0.1) is 0 Å². The summed E-state index contributed by atoms with van der Waals surface area (Å²) in [7, 11) is -0.544. The second kappa shape index (κ2) is 8.89. The van der Waals surface area contributed by atoms with Gasteiger partial charge in [-0.1, -0.05) is 29.8 Å². The minimum absolute atomic E-state index is 0.202. The number of amides is 1. The maximum atomic E-state index is 13.2. The molecule has 0 radical (unpaired) electrons. The monoisotopic (exact) mass is 440 g/mol. The summed E-state index contributed by atoms with van der Waals surface area (Å²) in [6.07, 6.45) is 0. The van der Waals surface area contributed by atoms with E-state index in [1.165, 1.54) is 23.5 Å². The Morgan fingerprint density at radius 3 is 1.97 bits per heavy atom. The first-order chi connectivity index (χ1) is 14.6. The highest BCUT2D eigenvalue weighted by Crippen LogP contribution is 2.25. The molecular weight excluding hydrogens is 415 g/mol. The average Bonchev–Trinajstić information content (AvgIpc) is 2.78. The van der Waals surface area contributed by atoms with Crippen molar-refractivity contribution in [3.63, 3.8) is 0 Å². The molecule has 0 aliphatic carbocycles. The third-order valence-corrected chi connectivity index (χ3v) is 7.21. The number of carbonyl (C=O) groups excluding carboxylic acids is 1. The van der Waals surface area contributed by atoms with Gasteiger partial charge in [-0.2, -0.15) is 0 Å². The van der Waals surface area contributed by atoms with Crippen molar-refractivity contribution in [2.45, 2.75) is 24.8 Å². The molecule has 1 atom stereocenters. The Hall–Kier alpha value is -3.19. The lowest BCUT2D eigenvalue weighted by atomic mass is 10.1. The van der Waals surface area contributed by atoms with Crippen molar-refractivity contribution >= 4 is 21.6 Å². The topological polar surface area (TPSA) is 57.7 Å². The Bertz CT molecular complexity index is 1160. The number of benzene rings is 3. The summed E-state index contributed by atoms with van der Waals surface area (Å²) in [5.74, 6) is -0.544. The zero-order valence-corrected chi connectivity index (χ0v) is 18.7. The molecule has 0 aromatic heterocycles. The van der Waals surface area contributed by atoms with Crippen LogP contribution in [0.15, 0.2) is 77.7 Å². The molecular formula is C24H25FN2O3S. The quantitative estimate of drug-likeness (QED) is 0.554. The molecule has 1 amide bonds. The molecule has 0 aliphatic rings. The van der Waals surface area contributed by atoms with Crippen molar-refractivity contribution in [2.75, 3.05) is 18.4 Å². The summed E-state index contributed by atoms with van der Waals surface area (Å²) in [6.45, 7) is 3.76. The third-order valence-electron chi connectivity index (χ3n) is 5.41. The fraction of sp³-hybridized carbons (Fsp3) is 0.208. The Balaban J connectivity index is 1.77. The van der Waals surface area contributed by atoms with Gasteiger partial charge in [0, 0.05) is 19.7 Å². The number of sulfonamides is 1. The van der Waals surface area contributed by atoms with Gasteiger partial charge in [0.25, 0.3) is 15.9 Å². The van der Waals surface area contributed by atoms with E-state index in [4.69, 9.17) is 0 Å². The zero-order chi connectivity index (χ0) is 22.8. The summed E-state index contributed by atoms with van der Waals surface area (Å²) in [5.41, 5.74) is 2.67. The van der Waals surface area contributed by atoms with E-state index in [0.717, 1.165) is 11.1 Å². The molecule has 0 aliphatic heterocycles. The molecule has 0 fully saturated rings. The molecule has 5 nitrogen and oxygen atoms in total. The van der Waals surface area contributed by atoms with Gasteiger partial charge in [-0.25, -0.2) is 12.8 Å². The van der Waals surface area contributed by atoms with Gasteiger partial charge >= 0.3 is 0 Å². The normalized spacial score (nSPS) is 12.3. The number of hydrogen-bond acceptors (Lipinski definition) is 3. The molecule has 0 bridgehead atoms. The fourth-order valence-electron chi connectivity index (χ4n) is 3.17. The molecule has 0 heterocycles. The molecule has 0 N–H and O–H groups in total. The molecule has 3 aromatic rings. The second-order valence-corrected chi connectivity index (χ2v) is 9.45. The van der Waals surface area contributed by atoms with E-state index in [-0.39, 0.29) is 22.7 Å². The van der Waals surface area contributed by atoms with Gasteiger partial charge in [0.05, 0.1) is 16.6 Å². The van der Waals surface area contributed by atoms with Crippen LogP contribution in [-0.4, -0.2) is 33.3 Å². The Morgan fingerprint density at radius 1 is 0.871 bits per heavy atom. The highest BCUT2D eigenvalue weighted by molar-refractivity contribution is 7.92. The number of nitrogens with zero attached hydrogens (tertiary/aromatic N) is 2. The predicted octanol–water partition coefficient (Wildman–Crippen LogP) is 4.79. The largest absolute Gasteiger partial charge is 0.335 e. The standard InChI is InChI=1S/C24H25FN2O3S/c1-17-5-15-23(16-6-17)31(29,30)27(4)22-13-9-20(10-14-22)24(28)26(3)18(2)19-7-11-21(25)12-8-19/h5-16,18H,1-4H3. The van der Waals surface area contributed by atoms with E-state index in [1.54, 1.807) is 72.6 Å². The Labute approximate surface area is 182 Å². The molecule has 162 valence electrons. The maximum Gasteiger partial charge on any atom is 0.264 e. The summed E-state index contributed by atoms with van der Waals surface area (Å²) >= 11 is 0. The van der Waals surface area contributed by atoms with Crippen LogP contribution in [0, 0.1) is 12.7 Å². The van der Waals surface area contributed by atoms with Crippen molar-refractivity contribution in [1.82, 2.24) is 4.90 Å². The van der Waals surface area contributed by atoms with Gasteiger partial charge in [-0.3, -0.25) is 9.10 Å². The number of aryl methyl sites for hydroxylation is 1. The van der Waals surface area contributed by atoms with Crippen LogP contribution in [0.3, 0.4) is 0 Å². The highest BCUT2D eigenvalue weighted by atomic mass is 32.2. The van der Waals surface area contributed by atoms with Gasteiger partial charge in [0.1, 0.15) is 5.82 Å². The summed E-state index contributed by atoms with van der Waals surface area (Å²) < 4.78 is 40.1. The van der Waals surface area contributed by atoms with Crippen LogP contribution in [-0.2, 0) is 10.0 Å². The van der Waals surface area contributed by atoms with E-state index >= 15 is 0 Å². The molecule has 0 saturated carbocycles. The molecule has 1 unspecified atom stereocenters. The summed E-state index contributed by atoms with van der Waals surface area (Å²) in [5, 5.41) is 0. The fourth-order valence-corrected chi connectivity index (χ4v) is 4.36. The van der Waals surface area contributed by atoms with E-state index < -0.39 is 10.0 Å². The number of anilines is 1. The van der Waals surface area contributed by atoms with Gasteiger partial charge in [0.15, 0.2) is 0 Å². The van der Waals surface area contributed by atoms with E-state index in [2.05, 4.69) is 0 Å². The Morgan fingerprint density at radius 2 is 1.42 bits per heavy atom. The average molecular weight is 441 g/mol. The van der Waals surface area contributed by atoms with Gasteiger partial charge in [0.2, 0.25) is 0 Å². The first kappa shape index (κ1) is 22.5. The number of rotatable bonds is 6. The van der Waals surface area contributed by atoms with Crippen LogP contribution in [0.2, 0.25) is 0 Å². The van der Waals surface area contributed by atoms with E-state index in [9.17, 15) is 17.6 Å². The van der Waals surface area contributed by atoms with Gasteiger partial charge < -0.3 is 4.90 Å². The van der Waals surface area contributed by atoms with Gasteiger partial charge in [-0.05, 0) is 67.9 Å². The molecule has 31 heavy (non-hydrogen) atoms. The lowest BCUT2D eigenvalue weighted by Crippen LogP contribution is -2.30. The summed E-state index contributed by atoms with van der Waals surface area (Å²) in [4.78, 5) is 14.6. The van der Waals surface area contributed by atoms with Crippen LogP contribution in [0.1, 0.15) is 34.5 Å². The molecule has 7 heteroatoms. The first-order valence-electron chi connectivity index (χ1n) is 9.79. The molecule has 0 saturated heterocycles.